The SMILES string of the molecule is CCC1CCC(C)N1C(=O)C1CCCC(C)N1. The highest BCUT2D eigenvalue weighted by molar-refractivity contribution is 5.83. The molecule has 4 unspecified atom stereocenters. The molecule has 0 aliphatic carbocycles. The molecule has 0 radical (unpaired) electrons. The molecule has 2 heterocycles. The van der Waals surface area contributed by atoms with Gasteiger partial charge in [0.1, 0.15) is 0 Å². The Morgan fingerprint density at radius 1 is 1.24 bits per heavy atom. The molecule has 2 aliphatic heterocycles. The first-order chi connectivity index (χ1) is 8.13. The highest BCUT2D eigenvalue weighted by Gasteiger charge is 2.37. The maximum atomic E-state index is 12.6. The van der Waals surface area contributed by atoms with Gasteiger partial charge in [-0.1, -0.05) is 6.92 Å². The van der Waals surface area contributed by atoms with Gasteiger partial charge < -0.3 is 10.2 Å². The van der Waals surface area contributed by atoms with Crippen molar-refractivity contribution >= 4 is 5.91 Å². The molecule has 0 saturated carbocycles. The van der Waals surface area contributed by atoms with Crippen LogP contribution in [-0.2, 0) is 4.79 Å². The van der Waals surface area contributed by atoms with Crippen molar-refractivity contribution in [3.63, 3.8) is 0 Å². The Bertz CT molecular complexity index is 279. The smallest absolute Gasteiger partial charge is 0.240 e. The monoisotopic (exact) mass is 238 g/mol. The van der Waals surface area contributed by atoms with E-state index >= 15 is 0 Å². The third-order valence-corrected chi connectivity index (χ3v) is 4.43. The summed E-state index contributed by atoms with van der Waals surface area (Å²) in [5.41, 5.74) is 0. The molecule has 0 aromatic rings. The van der Waals surface area contributed by atoms with Crippen LogP contribution in [0.5, 0.6) is 0 Å². The van der Waals surface area contributed by atoms with Crippen molar-refractivity contribution in [1.29, 1.82) is 0 Å². The van der Waals surface area contributed by atoms with E-state index in [-0.39, 0.29) is 6.04 Å². The topological polar surface area (TPSA) is 32.3 Å². The Labute approximate surface area is 105 Å². The number of rotatable bonds is 2. The highest BCUT2D eigenvalue weighted by Crippen LogP contribution is 2.28. The Morgan fingerprint density at radius 2 is 2.00 bits per heavy atom. The van der Waals surface area contributed by atoms with Crippen LogP contribution in [0.25, 0.3) is 0 Å². The third-order valence-electron chi connectivity index (χ3n) is 4.43. The molecule has 2 aliphatic rings. The molecule has 98 valence electrons. The molecule has 2 fully saturated rings. The fourth-order valence-electron chi connectivity index (χ4n) is 3.38. The van der Waals surface area contributed by atoms with E-state index in [2.05, 4.69) is 31.0 Å². The highest BCUT2D eigenvalue weighted by atomic mass is 16.2. The van der Waals surface area contributed by atoms with Gasteiger partial charge in [-0.25, -0.2) is 0 Å². The van der Waals surface area contributed by atoms with Crippen LogP contribution in [0.15, 0.2) is 0 Å². The molecule has 2 rings (SSSR count). The number of likely N-dealkylation sites (tertiary alicyclic amines) is 1. The molecule has 1 amide bonds. The van der Waals surface area contributed by atoms with Crippen LogP contribution in [0.4, 0.5) is 0 Å². The van der Waals surface area contributed by atoms with Crippen molar-refractivity contribution in [3.05, 3.63) is 0 Å². The number of amides is 1. The zero-order chi connectivity index (χ0) is 12.4. The van der Waals surface area contributed by atoms with E-state index in [1.807, 2.05) is 0 Å². The lowest BCUT2D eigenvalue weighted by Crippen LogP contribution is -2.54. The lowest BCUT2D eigenvalue weighted by molar-refractivity contribution is -0.137. The van der Waals surface area contributed by atoms with E-state index < -0.39 is 0 Å². The molecule has 1 N–H and O–H groups in total. The Morgan fingerprint density at radius 3 is 2.65 bits per heavy atom. The van der Waals surface area contributed by atoms with Crippen LogP contribution >= 0.6 is 0 Å². The first-order valence-corrected chi connectivity index (χ1v) is 7.21. The number of piperidine rings is 1. The molecule has 3 nitrogen and oxygen atoms in total. The fraction of sp³-hybridized carbons (Fsp3) is 0.929. The van der Waals surface area contributed by atoms with Gasteiger partial charge in [0.05, 0.1) is 6.04 Å². The average Bonchev–Trinajstić information content (AvgIpc) is 2.69. The van der Waals surface area contributed by atoms with Crippen molar-refractivity contribution in [1.82, 2.24) is 10.2 Å². The van der Waals surface area contributed by atoms with Gasteiger partial charge >= 0.3 is 0 Å². The average molecular weight is 238 g/mol. The van der Waals surface area contributed by atoms with Crippen LogP contribution in [0.2, 0.25) is 0 Å². The van der Waals surface area contributed by atoms with Crippen molar-refractivity contribution in [2.75, 3.05) is 0 Å². The quantitative estimate of drug-likeness (QED) is 0.800. The van der Waals surface area contributed by atoms with E-state index in [1.165, 1.54) is 25.7 Å². The lowest BCUT2D eigenvalue weighted by atomic mass is 9.98. The molecule has 0 aromatic carbocycles. The van der Waals surface area contributed by atoms with Gasteiger partial charge in [0.2, 0.25) is 5.91 Å². The van der Waals surface area contributed by atoms with E-state index in [0.717, 1.165) is 12.8 Å². The zero-order valence-electron chi connectivity index (χ0n) is 11.4. The predicted molar refractivity (Wildman–Crippen MR) is 69.9 cm³/mol. The van der Waals surface area contributed by atoms with Crippen LogP contribution in [0.1, 0.15) is 59.3 Å². The first kappa shape index (κ1) is 12.9. The molecule has 4 atom stereocenters. The minimum absolute atomic E-state index is 0.0772. The van der Waals surface area contributed by atoms with Crippen LogP contribution in [0, 0.1) is 0 Å². The maximum Gasteiger partial charge on any atom is 0.240 e. The molecule has 0 spiro atoms. The normalized spacial score (nSPS) is 38.4. The second-order valence-electron chi connectivity index (χ2n) is 5.79. The summed E-state index contributed by atoms with van der Waals surface area (Å²) >= 11 is 0. The number of hydrogen-bond acceptors (Lipinski definition) is 2. The number of carbonyl (C=O) groups is 1. The van der Waals surface area contributed by atoms with Gasteiger partial charge in [-0.2, -0.15) is 0 Å². The number of hydrogen-bond donors (Lipinski definition) is 1. The standard InChI is InChI=1S/C14H26N2O/c1-4-12-9-8-11(3)16(12)14(17)13-7-5-6-10(2)15-13/h10-13,15H,4-9H2,1-3H3. The van der Waals surface area contributed by atoms with Gasteiger partial charge in [0, 0.05) is 18.1 Å². The molecule has 17 heavy (non-hydrogen) atoms. The summed E-state index contributed by atoms with van der Waals surface area (Å²) in [5.74, 6) is 0.355. The van der Waals surface area contributed by atoms with E-state index in [9.17, 15) is 4.79 Å². The molecule has 0 bridgehead atoms. The number of nitrogens with one attached hydrogen (secondary N) is 1. The van der Waals surface area contributed by atoms with Gasteiger partial charge in [0.15, 0.2) is 0 Å². The Balaban J connectivity index is 2.02. The second kappa shape index (κ2) is 5.38. The van der Waals surface area contributed by atoms with Crippen molar-refractivity contribution in [2.24, 2.45) is 0 Å². The minimum atomic E-state index is 0.0772. The lowest BCUT2D eigenvalue weighted by Gasteiger charge is -2.35. The van der Waals surface area contributed by atoms with Crippen LogP contribution in [-0.4, -0.2) is 35.0 Å². The number of carbonyl (C=O) groups excluding carboxylic acids is 1. The summed E-state index contributed by atoms with van der Waals surface area (Å²) in [6.45, 7) is 6.57. The van der Waals surface area contributed by atoms with Crippen molar-refractivity contribution in [2.45, 2.75) is 83.5 Å². The second-order valence-corrected chi connectivity index (χ2v) is 5.79. The summed E-state index contributed by atoms with van der Waals surface area (Å²) in [7, 11) is 0. The van der Waals surface area contributed by atoms with Gasteiger partial charge in [-0.3, -0.25) is 4.79 Å². The largest absolute Gasteiger partial charge is 0.336 e. The first-order valence-electron chi connectivity index (χ1n) is 7.21. The summed E-state index contributed by atoms with van der Waals surface area (Å²) in [6, 6.07) is 1.49. The Kier molecular flexibility index (Phi) is 4.08. The summed E-state index contributed by atoms with van der Waals surface area (Å²) < 4.78 is 0. The molecular formula is C14H26N2O. The predicted octanol–water partition coefficient (Wildman–Crippen LogP) is 2.31. The molecule has 0 aromatic heterocycles. The van der Waals surface area contributed by atoms with Crippen LogP contribution in [0.3, 0.4) is 0 Å². The zero-order valence-corrected chi connectivity index (χ0v) is 11.4. The van der Waals surface area contributed by atoms with Gasteiger partial charge in [0.25, 0.3) is 0 Å². The van der Waals surface area contributed by atoms with Gasteiger partial charge in [-0.05, 0) is 52.4 Å². The van der Waals surface area contributed by atoms with E-state index in [0.29, 0.717) is 24.0 Å². The summed E-state index contributed by atoms with van der Waals surface area (Å²) in [4.78, 5) is 14.8. The Hall–Kier alpha value is -0.570. The summed E-state index contributed by atoms with van der Waals surface area (Å²) in [6.07, 6.45) is 6.86. The molecular weight excluding hydrogens is 212 g/mol. The molecule has 3 heteroatoms. The molecule has 2 saturated heterocycles. The van der Waals surface area contributed by atoms with Gasteiger partial charge in [-0.15, -0.1) is 0 Å². The number of nitrogens with zero attached hydrogens (tertiary/aromatic N) is 1. The van der Waals surface area contributed by atoms with E-state index in [1.54, 1.807) is 0 Å². The van der Waals surface area contributed by atoms with Crippen molar-refractivity contribution < 1.29 is 4.79 Å². The third kappa shape index (κ3) is 2.65. The minimum Gasteiger partial charge on any atom is -0.336 e. The van der Waals surface area contributed by atoms with Crippen molar-refractivity contribution in [3.8, 4) is 0 Å². The van der Waals surface area contributed by atoms with E-state index in [4.69, 9.17) is 0 Å². The van der Waals surface area contributed by atoms with Crippen LogP contribution < -0.4 is 5.32 Å². The summed E-state index contributed by atoms with van der Waals surface area (Å²) in [5, 5.41) is 3.47. The fourth-order valence-corrected chi connectivity index (χ4v) is 3.38. The maximum absolute atomic E-state index is 12.6.